The number of rotatable bonds is 12. The molecule has 3 aromatic rings. The molecule has 3 aromatic carbocycles. The standard InChI is InChI=1S/C32H38N2O6S/c1-5-39-41(37,38)24-23-28(33-30(36)40-31(2,3)4)21-22-29(35)34-32(25-15-9-6-10-16-25,26-17-11-7-12-18-26)27-19-13-8-14-20-27/h6-20,23-24,28H,5,21-22H2,1-4H3,(H,33,36)(H,34,35)/b24-23+/t28-/m0/s1. The van der Waals surface area contributed by atoms with Crippen molar-refractivity contribution in [2.45, 2.75) is 57.7 Å². The predicted octanol–water partition coefficient (Wildman–Crippen LogP) is 5.65. The zero-order valence-corrected chi connectivity index (χ0v) is 24.7. The summed E-state index contributed by atoms with van der Waals surface area (Å²) >= 11 is 0. The molecule has 0 aliphatic heterocycles. The second-order valence-corrected chi connectivity index (χ2v) is 11.9. The summed E-state index contributed by atoms with van der Waals surface area (Å²) in [5, 5.41) is 6.81. The molecule has 0 fully saturated rings. The van der Waals surface area contributed by atoms with Crippen molar-refractivity contribution in [3.63, 3.8) is 0 Å². The maximum Gasteiger partial charge on any atom is 0.408 e. The van der Waals surface area contributed by atoms with Crippen molar-refractivity contribution >= 4 is 22.1 Å². The van der Waals surface area contributed by atoms with Crippen molar-refractivity contribution < 1.29 is 26.9 Å². The third-order valence-electron chi connectivity index (χ3n) is 6.09. The first-order valence-electron chi connectivity index (χ1n) is 13.5. The molecule has 0 spiro atoms. The van der Waals surface area contributed by atoms with E-state index in [1.807, 2.05) is 91.0 Å². The highest BCUT2D eigenvalue weighted by molar-refractivity contribution is 7.89. The van der Waals surface area contributed by atoms with Gasteiger partial charge in [0.15, 0.2) is 0 Å². The van der Waals surface area contributed by atoms with E-state index in [-0.39, 0.29) is 25.4 Å². The highest BCUT2D eigenvalue weighted by atomic mass is 32.2. The minimum atomic E-state index is -3.95. The van der Waals surface area contributed by atoms with Gasteiger partial charge in [-0.25, -0.2) is 4.79 Å². The molecule has 0 heterocycles. The normalized spacial score (nSPS) is 13.0. The first kappa shape index (κ1) is 31.6. The molecular weight excluding hydrogens is 540 g/mol. The molecule has 41 heavy (non-hydrogen) atoms. The Bertz CT molecular complexity index is 1310. The number of carbonyl (C=O) groups is 2. The summed E-state index contributed by atoms with van der Waals surface area (Å²) in [6.07, 6.45) is 0.653. The molecule has 3 rings (SSSR count). The number of hydrogen-bond donors (Lipinski definition) is 2. The smallest absolute Gasteiger partial charge is 0.408 e. The van der Waals surface area contributed by atoms with Crippen molar-refractivity contribution in [2.75, 3.05) is 6.61 Å². The molecule has 2 amide bonds. The van der Waals surface area contributed by atoms with E-state index in [1.54, 1.807) is 27.7 Å². The van der Waals surface area contributed by atoms with Crippen LogP contribution in [-0.2, 0) is 29.4 Å². The van der Waals surface area contributed by atoms with Crippen LogP contribution in [0.25, 0.3) is 0 Å². The van der Waals surface area contributed by atoms with Gasteiger partial charge in [-0.3, -0.25) is 8.98 Å². The lowest BCUT2D eigenvalue weighted by atomic mass is 9.77. The lowest BCUT2D eigenvalue weighted by Crippen LogP contribution is -2.48. The molecule has 218 valence electrons. The average Bonchev–Trinajstić information content (AvgIpc) is 2.93. The van der Waals surface area contributed by atoms with Gasteiger partial charge in [0.05, 0.1) is 18.1 Å². The first-order valence-corrected chi connectivity index (χ1v) is 15.0. The van der Waals surface area contributed by atoms with Gasteiger partial charge in [-0.2, -0.15) is 8.42 Å². The van der Waals surface area contributed by atoms with Gasteiger partial charge in [0, 0.05) is 6.42 Å². The van der Waals surface area contributed by atoms with Gasteiger partial charge >= 0.3 is 6.09 Å². The Morgan fingerprint density at radius 2 is 1.29 bits per heavy atom. The fourth-order valence-corrected chi connectivity index (χ4v) is 5.20. The Hall–Kier alpha value is -3.95. The van der Waals surface area contributed by atoms with E-state index in [0.29, 0.717) is 0 Å². The molecule has 9 heteroatoms. The summed E-state index contributed by atoms with van der Waals surface area (Å²) in [5.74, 6) is -0.293. The molecule has 0 saturated carbocycles. The highest BCUT2D eigenvalue weighted by Crippen LogP contribution is 2.37. The van der Waals surface area contributed by atoms with Crippen LogP contribution >= 0.6 is 0 Å². The van der Waals surface area contributed by atoms with Gasteiger partial charge in [-0.15, -0.1) is 0 Å². The molecule has 0 aliphatic rings. The molecule has 1 atom stereocenters. The molecule has 0 aliphatic carbocycles. The number of amides is 2. The van der Waals surface area contributed by atoms with Crippen molar-refractivity contribution in [2.24, 2.45) is 0 Å². The fraction of sp³-hybridized carbons (Fsp3) is 0.312. The van der Waals surface area contributed by atoms with Gasteiger partial charge in [0.2, 0.25) is 5.91 Å². The largest absolute Gasteiger partial charge is 0.444 e. The second-order valence-electron chi connectivity index (χ2n) is 10.4. The molecule has 0 unspecified atom stereocenters. The van der Waals surface area contributed by atoms with Crippen molar-refractivity contribution in [1.29, 1.82) is 0 Å². The SMILES string of the molecule is CCOS(=O)(=O)/C=C/[C@H](CCC(=O)NC(c1ccccc1)(c1ccccc1)c1ccccc1)NC(=O)OC(C)(C)C. The monoisotopic (exact) mass is 578 g/mol. The number of hydrogen-bond acceptors (Lipinski definition) is 6. The van der Waals surface area contributed by atoms with E-state index in [2.05, 4.69) is 10.6 Å². The molecule has 0 radical (unpaired) electrons. The summed E-state index contributed by atoms with van der Waals surface area (Å²) in [7, 11) is -3.95. The first-order chi connectivity index (χ1) is 19.4. The molecule has 0 aromatic heterocycles. The number of nitrogens with one attached hydrogen (secondary N) is 2. The molecule has 2 N–H and O–H groups in total. The number of alkyl carbamates (subject to hydrolysis) is 1. The van der Waals surface area contributed by atoms with Crippen LogP contribution in [0, 0.1) is 0 Å². The van der Waals surface area contributed by atoms with Crippen LogP contribution in [0.5, 0.6) is 0 Å². The number of carbonyl (C=O) groups excluding carboxylic acids is 2. The van der Waals surface area contributed by atoms with E-state index in [9.17, 15) is 18.0 Å². The maximum absolute atomic E-state index is 13.7. The number of benzene rings is 3. The molecule has 0 bridgehead atoms. The molecule has 8 nitrogen and oxygen atoms in total. The van der Waals surface area contributed by atoms with Crippen LogP contribution in [0.3, 0.4) is 0 Å². The summed E-state index contributed by atoms with van der Waals surface area (Å²) in [6.45, 7) is 6.70. The van der Waals surface area contributed by atoms with Crippen LogP contribution in [0.2, 0.25) is 0 Å². The van der Waals surface area contributed by atoms with Gasteiger partial charge in [0.25, 0.3) is 10.1 Å². The Morgan fingerprint density at radius 1 is 0.829 bits per heavy atom. The summed E-state index contributed by atoms with van der Waals surface area (Å²) < 4.78 is 34.3. The maximum atomic E-state index is 13.7. The Kier molecular flexibility index (Phi) is 10.9. The summed E-state index contributed by atoms with van der Waals surface area (Å²) in [6, 6.07) is 28.3. The van der Waals surface area contributed by atoms with Crippen molar-refractivity contribution in [1.82, 2.24) is 10.6 Å². The molecular formula is C32H38N2O6S. The predicted molar refractivity (Wildman–Crippen MR) is 159 cm³/mol. The third-order valence-corrected chi connectivity index (χ3v) is 7.15. The summed E-state index contributed by atoms with van der Waals surface area (Å²) in [4.78, 5) is 26.2. The van der Waals surface area contributed by atoms with Gasteiger partial charge in [-0.1, -0.05) is 91.0 Å². The lowest BCUT2D eigenvalue weighted by molar-refractivity contribution is -0.122. The van der Waals surface area contributed by atoms with Crippen LogP contribution in [0.15, 0.2) is 102 Å². The van der Waals surface area contributed by atoms with Gasteiger partial charge < -0.3 is 15.4 Å². The van der Waals surface area contributed by atoms with Crippen LogP contribution in [0.1, 0.15) is 57.2 Å². The van der Waals surface area contributed by atoms with E-state index in [1.165, 1.54) is 6.08 Å². The van der Waals surface area contributed by atoms with Gasteiger partial charge in [0.1, 0.15) is 11.1 Å². The fourth-order valence-electron chi connectivity index (χ4n) is 4.41. The third kappa shape index (κ3) is 9.30. The van der Waals surface area contributed by atoms with Crippen molar-refractivity contribution in [3.8, 4) is 0 Å². The van der Waals surface area contributed by atoms with Gasteiger partial charge in [-0.05, 0) is 56.9 Å². The Balaban J connectivity index is 1.92. The average molecular weight is 579 g/mol. The minimum absolute atomic E-state index is 0.0201. The Morgan fingerprint density at radius 3 is 1.71 bits per heavy atom. The topological polar surface area (TPSA) is 111 Å². The quantitative estimate of drug-likeness (QED) is 0.212. The Labute approximate surface area is 242 Å². The van der Waals surface area contributed by atoms with Crippen LogP contribution < -0.4 is 10.6 Å². The zero-order valence-electron chi connectivity index (χ0n) is 23.9. The van der Waals surface area contributed by atoms with E-state index >= 15 is 0 Å². The van der Waals surface area contributed by atoms with E-state index < -0.39 is 33.4 Å². The van der Waals surface area contributed by atoms with Crippen LogP contribution in [-0.4, -0.2) is 38.7 Å². The zero-order chi connectivity index (χ0) is 29.9. The highest BCUT2D eigenvalue weighted by Gasteiger charge is 2.37. The van der Waals surface area contributed by atoms with E-state index in [4.69, 9.17) is 8.92 Å². The molecule has 0 saturated heterocycles. The second kappa shape index (κ2) is 14.1. The summed E-state index contributed by atoms with van der Waals surface area (Å²) in [5.41, 5.74) is 0.863. The lowest BCUT2D eigenvalue weighted by Gasteiger charge is -2.37. The van der Waals surface area contributed by atoms with E-state index in [0.717, 1.165) is 22.1 Å². The minimum Gasteiger partial charge on any atom is -0.444 e. The van der Waals surface area contributed by atoms with Crippen LogP contribution in [0.4, 0.5) is 4.79 Å². The number of ether oxygens (including phenoxy) is 1. The van der Waals surface area contributed by atoms with Crippen molar-refractivity contribution in [3.05, 3.63) is 119 Å².